The van der Waals surface area contributed by atoms with Crippen LogP contribution in [-0.4, -0.2) is 24.9 Å². The number of para-hydroxylation sites is 3. The smallest absolute Gasteiger partial charge is 0.180 e. The van der Waals surface area contributed by atoms with E-state index in [2.05, 4.69) is 18.2 Å². The Bertz CT molecular complexity index is 3480. The summed E-state index contributed by atoms with van der Waals surface area (Å²) in [6.45, 7) is 0. The standard InChI is InChI=1S/C49H27N5O3/c1-3-13-28(14-4-1)46-52-47(29-15-5-2-6-16-29)54-48(53-46)34-20-12-24-40-41(34)36-27-30(25-26-39(36)55-40)42-45-43(33-18-8-10-23-38(33)57-45)51-49(50-42)35-21-11-19-32-31-17-7-9-22-37(31)56-44(32)35/h1-27H. The van der Waals surface area contributed by atoms with Gasteiger partial charge in [-0.3, -0.25) is 0 Å². The van der Waals surface area contributed by atoms with Crippen LogP contribution in [-0.2, 0) is 0 Å². The summed E-state index contributed by atoms with van der Waals surface area (Å²) in [6, 6.07) is 54.2. The van der Waals surface area contributed by atoms with Gasteiger partial charge in [0, 0.05) is 49.2 Å². The van der Waals surface area contributed by atoms with E-state index in [0.29, 0.717) is 34.6 Å². The van der Waals surface area contributed by atoms with Gasteiger partial charge in [0.05, 0.1) is 5.56 Å². The van der Waals surface area contributed by atoms with Crippen molar-refractivity contribution in [3.05, 3.63) is 164 Å². The van der Waals surface area contributed by atoms with Crippen molar-refractivity contribution in [3.8, 4) is 56.8 Å². The Morgan fingerprint density at radius 1 is 0.316 bits per heavy atom. The van der Waals surface area contributed by atoms with Crippen molar-refractivity contribution in [3.63, 3.8) is 0 Å². The van der Waals surface area contributed by atoms with Crippen molar-refractivity contribution in [2.75, 3.05) is 0 Å². The molecule has 0 saturated heterocycles. The third kappa shape index (κ3) is 4.97. The number of benzene rings is 7. The summed E-state index contributed by atoms with van der Waals surface area (Å²) in [4.78, 5) is 25.5. The molecule has 0 atom stereocenters. The molecular formula is C49H27N5O3. The second-order valence-corrected chi connectivity index (χ2v) is 14.0. The highest BCUT2D eigenvalue weighted by molar-refractivity contribution is 6.14. The van der Waals surface area contributed by atoms with Gasteiger partial charge in [-0.05, 0) is 48.5 Å². The van der Waals surface area contributed by atoms with Gasteiger partial charge in [0.15, 0.2) is 28.9 Å². The van der Waals surface area contributed by atoms with Gasteiger partial charge in [-0.15, -0.1) is 0 Å². The Hall–Kier alpha value is -7.97. The first kappa shape index (κ1) is 31.4. The largest absolute Gasteiger partial charge is 0.456 e. The third-order valence-corrected chi connectivity index (χ3v) is 10.6. The van der Waals surface area contributed by atoms with Crippen LogP contribution in [0.25, 0.3) is 123 Å². The quantitative estimate of drug-likeness (QED) is 0.172. The first-order chi connectivity index (χ1) is 28.2. The Morgan fingerprint density at radius 3 is 1.65 bits per heavy atom. The minimum absolute atomic E-state index is 0.540. The van der Waals surface area contributed by atoms with E-state index in [9.17, 15) is 0 Å². The predicted octanol–water partition coefficient (Wildman–Crippen LogP) is 12.7. The molecular weight excluding hydrogens is 707 g/mol. The first-order valence-corrected chi connectivity index (χ1v) is 18.7. The fourth-order valence-corrected chi connectivity index (χ4v) is 7.92. The molecule has 0 aliphatic rings. The predicted molar refractivity (Wildman–Crippen MR) is 224 cm³/mol. The number of hydrogen-bond acceptors (Lipinski definition) is 8. The molecule has 57 heavy (non-hydrogen) atoms. The summed E-state index contributed by atoms with van der Waals surface area (Å²) >= 11 is 0. The molecule has 0 aliphatic heterocycles. The third-order valence-electron chi connectivity index (χ3n) is 10.6. The summed E-state index contributed by atoms with van der Waals surface area (Å²) in [5, 5.41) is 4.74. The summed E-state index contributed by atoms with van der Waals surface area (Å²) < 4.78 is 19.5. The van der Waals surface area contributed by atoms with E-state index in [1.807, 2.05) is 146 Å². The van der Waals surface area contributed by atoms with E-state index in [0.717, 1.165) is 88.2 Å². The molecule has 0 fully saturated rings. The topological polar surface area (TPSA) is 104 Å². The lowest BCUT2D eigenvalue weighted by Gasteiger charge is -2.09. The highest BCUT2D eigenvalue weighted by atomic mass is 16.3. The van der Waals surface area contributed by atoms with Crippen LogP contribution in [0.4, 0.5) is 0 Å². The highest BCUT2D eigenvalue weighted by Crippen LogP contribution is 2.42. The van der Waals surface area contributed by atoms with Gasteiger partial charge in [0.25, 0.3) is 0 Å². The minimum Gasteiger partial charge on any atom is -0.456 e. The van der Waals surface area contributed by atoms with Crippen molar-refractivity contribution in [2.24, 2.45) is 0 Å². The number of furan rings is 3. The molecule has 0 N–H and O–H groups in total. The zero-order valence-corrected chi connectivity index (χ0v) is 30.0. The Labute approximate surface area is 323 Å². The lowest BCUT2D eigenvalue weighted by molar-refractivity contribution is 0.665. The van der Waals surface area contributed by atoms with Crippen LogP contribution < -0.4 is 0 Å². The maximum atomic E-state index is 6.55. The zero-order chi connectivity index (χ0) is 37.5. The van der Waals surface area contributed by atoms with E-state index in [1.54, 1.807) is 0 Å². The molecule has 12 rings (SSSR count). The molecule has 0 amide bonds. The second-order valence-electron chi connectivity index (χ2n) is 14.0. The van der Waals surface area contributed by atoms with Crippen LogP contribution in [0, 0.1) is 0 Å². The maximum absolute atomic E-state index is 6.55. The van der Waals surface area contributed by atoms with Crippen LogP contribution >= 0.6 is 0 Å². The van der Waals surface area contributed by atoms with E-state index in [-0.39, 0.29) is 0 Å². The van der Waals surface area contributed by atoms with Gasteiger partial charge < -0.3 is 13.3 Å². The fourth-order valence-electron chi connectivity index (χ4n) is 7.92. The van der Waals surface area contributed by atoms with E-state index < -0.39 is 0 Å². The molecule has 5 heterocycles. The van der Waals surface area contributed by atoms with Crippen LogP contribution in [0.3, 0.4) is 0 Å². The van der Waals surface area contributed by atoms with Crippen molar-refractivity contribution >= 4 is 65.9 Å². The lowest BCUT2D eigenvalue weighted by atomic mass is 10.0. The molecule has 0 bridgehead atoms. The number of hydrogen-bond donors (Lipinski definition) is 0. The van der Waals surface area contributed by atoms with Crippen LogP contribution in [0.5, 0.6) is 0 Å². The average Bonchev–Trinajstić information content (AvgIpc) is 3.98. The van der Waals surface area contributed by atoms with Gasteiger partial charge in [0.2, 0.25) is 0 Å². The van der Waals surface area contributed by atoms with E-state index in [1.165, 1.54) is 0 Å². The highest BCUT2D eigenvalue weighted by Gasteiger charge is 2.23. The molecule has 12 aromatic rings. The summed E-state index contributed by atoms with van der Waals surface area (Å²) in [7, 11) is 0. The Kier molecular flexibility index (Phi) is 6.76. The van der Waals surface area contributed by atoms with Crippen LogP contribution in [0.1, 0.15) is 0 Å². The van der Waals surface area contributed by atoms with E-state index in [4.69, 9.17) is 38.2 Å². The van der Waals surface area contributed by atoms with Gasteiger partial charge in [-0.25, -0.2) is 24.9 Å². The van der Waals surface area contributed by atoms with Crippen LogP contribution in [0.2, 0.25) is 0 Å². The number of aromatic nitrogens is 5. The number of fused-ring (bicyclic) bond motifs is 9. The molecule has 0 radical (unpaired) electrons. The molecule has 0 unspecified atom stereocenters. The van der Waals surface area contributed by atoms with Gasteiger partial charge in [-0.1, -0.05) is 115 Å². The van der Waals surface area contributed by atoms with Crippen molar-refractivity contribution in [1.29, 1.82) is 0 Å². The second kappa shape index (κ2) is 12.3. The average molecular weight is 734 g/mol. The van der Waals surface area contributed by atoms with E-state index >= 15 is 0 Å². The first-order valence-electron chi connectivity index (χ1n) is 18.7. The monoisotopic (exact) mass is 733 g/mol. The zero-order valence-electron chi connectivity index (χ0n) is 30.0. The normalized spacial score (nSPS) is 11.9. The van der Waals surface area contributed by atoms with Gasteiger partial charge in [0.1, 0.15) is 39.1 Å². The number of rotatable bonds is 5. The summed E-state index contributed by atoms with van der Waals surface area (Å²) in [6.07, 6.45) is 0. The van der Waals surface area contributed by atoms with Gasteiger partial charge >= 0.3 is 0 Å². The molecule has 266 valence electrons. The van der Waals surface area contributed by atoms with Crippen LogP contribution in [0.15, 0.2) is 177 Å². The molecule has 0 saturated carbocycles. The minimum atomic E-state index is 0.540. The molecule has 0 spiro atoms. The van der Waals surface area contributed by atoms with Crippen molar-refractivity contribution in [2.45, 2.75) is 0 Å². The molecule has 5 aromatic heterocycles. The molecule has 8 nitrogen and oxygen atoms in total. The fraction of sp³-hybridized carbons (Fsp3) is 0. The maximum Gasteiger partial charge on any atom is 0.180 e. The van der Waals surface area contributed by atoms with Crippen molar-refractivity contribution < 1.29 is 13.3 Å². The molecule has 0 aliphatic carbocycles. The summed E-state index contributed by atoms with van der Waals surface area (Å²) in [5.41, 5.74) is 9.98. The Balaban J connectivity index is 1.10. The molecule has 8 heteroatoms. The SMILES string of the molecule is c1ccc(-c2nc(-c3ccccc3)nc(-c3cccc4oc5ccc(-c6nc(-c7cccc8c7oc7ccccc78)nc7c6oc6ccccc67)cc5c34)n2)cc1. The lowest BCUT2D eigenvalue weighted by Crippen LogP contribution is -2.00. The van der Waals surface area contributed by atoms with Gasteiger partial charge in [-0.2, -0.15) is 0 Å². The number of nitrogens with zero attached hydrogens (tertiary/aromatic N) is 5. The summed E-state index contributed by atoms with van der Waals surface area (Å²) in [5.74, 6) is 2.26. The molecule has 7 aromatic carbocycles. The Morgan fingerprint density at radius 2 is 0.877 bits per heavy atom. The van der Waals surface area contributed by atoms with Crippen molar-refractivity contribution in [1.82, 2.24) is 24.9 Å².